The zero-order chi connectivity index (χ0) is 36.1. The molecule has 49 heavy (non-hydrogen) atoms. The Bertz CT molecular complexity index is 1800. The largest absolute Gasteiger partial charge is 0.513 e. The quantitative estimate of drug-likeness (QED) is 0.0735. The number of benzene rings is 2. The van der Waals surface area contributed by atoms with E-state index in [1.54, 1.807) is 0 Å². The van der Waals surface area contributed by atoms with Gasteiger partial charge in [0.05, 0.1) is 31.7 Å². The second-order valence-corrected chi connectivity index (χ2v) is 10.0. The highest BCUT2D eigenvalue weighted by atomic mass is 16.7. The first-order valence-electron chi connectivity index (χ1n) is 14.7. The topological polar surface area (TPSA) is 259 Å². The number of fused-ring (bicyclic) bond motifs is 1. The van der Waals surface area contributed by atoms with E-state index in [-0.39, 0.29) is 73.1 Å². The van der Waals surface area contributed by atoms with Crippen molar-refractivity contribution in [3.8, 4) is 17.2 Å². The molecule has 0 unspecified atom stereocenters. The molecule has 0 aliphatic rings. The van der Waals surface area contributed by atoms with Gasteiger partial charge in [-0.1, -0.05) is 12.1 Å². The molecule has 0 saturated carbocycles. The first kappa shape index (κ1) is 37.5. The Morgan fingerprint density at radius 2 is 1.57 bits per heavy atom. The van der Waals surface area contributed by atoms with E-state index in [2.05, 4.69) is 14.8 Å². The molecule has 3 aromatic rings. The standard InChI is InChI=1S/C30H35N5O14/c1-45-29(42)47-20-8-3-6-18(24(20)38)27(40)35(44)16-11-23(37)33(14-5-12-31)17-13-32-22(36)10-15-34-26(39)19-7-4-9-21(48-30(43)46-2)25(19)49-28(34)41/h3-4,6-9,38,44H,5,10-17,31H2,1-2H3,(H,32,36). The number of ether oxygens (including phenoxy) is 4. The van der Waals surface area contributed by atoms with Crippen LogP contribution in [0.3, 0.4) is 0 Å². The first-order valence-corrected chi connectivity index (χ1v) is 14.7. The van der Waals surface area contributed by atoms with E-state index >= 15 is 0 Å². The van der Waals surface area contributed by atoms with E-state index in [1.807, 2.05) is 0 Å². The van der Waals surface area contributed by atoms with Crippen molar-refractivity contribution < 1.29 is 57.7 Å². The summed E-state index contributed by atoms with van der Waals surface area (Å²) in [5, 5.41) is 23.3. The van der Waals surface area contributed by atoms with E-state index in [9.17, 15) is 43.9 Å². The van der Waals surface area contributed by atoms with E-state index in [0.29, 0.717) is 11.0 Å². The van der Waals surface area contributed by atoms with E-state index < -0.39 is 59.2 Å². The van der Waals surface area contributed by atoms with Crippen LogP contribution in [0.25, 0.3) is 11.0 Å². The number of hydrogen-bond acceptors (Lipinski definition) is 15. The monoisotopic (exact) mass is 689 g/mol. The van der Waals surface area contributed by atoms with Crippen LogP contribution in [0.5, 0.6) is 17.2 Å². The summed E-state index contributed by atoms with van der Waals surface area (Å²) in [6.45, 7) is -0.346. The lowest BCUT2D eigenvalue weighted by Gasteiger charge is -2.24. The SMILES string of the molecule is COC(=O)Oc1cccc(C(=O)N(O)CCC(=O)N(CCCN)CCNC(=O)CCn2c(=O)oc3c(OC(=O)OC)cccc3c2=O)c1O. The van der Waals surface area contributed by atoms with Crippen LogP contribution in [0.4, 0.5) is 9.59 Å². The van der Waals surface area contributed by atoms with Gasteiger partial charge in [0, 0.05) is 39.0 Å². The molecular formula is C30H35N5O14. The minimum Gasteiger partial charge on any atom is -0.504 e. The predicted octanol–water partition coefficient (Wildman–Crippen LogP) is 0.556. The smallest absolute Gasteiger partial charge is 0.504 e. The maximum atomic E-state index is 12.9. The van der Waals surface area contributed by atoms with Crippen LogP contribution in [0.1, 0.15) is 29.6 Å². The molecule has 0 spiro atoms. The van der Waals surface area contributed by atoms with Crippen LogP contribution < -0.4 is 31.8 Å². The second-order valence-electron chi connectivity index (χ2n) is 10.0. The molecule has 19 nitrogen and oxygen atoms in total. The fourth-order valence-electron chi connectivity index (χ4n) is 4.35. The minimum absolute atomic E-state index is 0.0206. The summed E-state index contributed by atoms with van der Waals surface area (Å²) in [5.74, 6) is -4.51. The molecule has 0 bridgehead atoms. The normalized spacial score (nSPS) is 10.6. The van der Waals surface area contributed by atoms with Crippen molar-refractivity contribution in [1.82, 2.24) is 19.8 Å². The highest BCUT2D eigenvalue weighted by molar-refractivity contribution is 5.97. The molecule has 0 aliphatic carbocycles. The molecule has 1 heterocycles. The van der Waals surface area contributed by atoms with Gasteiger partial charge in [-0.15, -0.1) is 0 Å². The van der Waals surface area contributed by atoms with Gasteiger partial charge in [-0.3, -0.25) is 24.4 Å². The fraction of sp³-hybridized carbons (Fsp3) is 0.367. The Kier molecular flexibility index (Phi) is 13.6. The number of para-hydroxylation sites is 2. The summed E-state index contributed by atoms with van der Waals surface area (Å²) in [5.41, 5.74) is 4.14. The van der Waals surface area contributed by atoms with Gasteiger partial charge in [0.15, 0.2) is 22.8 Å². The van der Waals surface area contributed by atoms with Gasteiger partial charge in [0.1, 0.15) is 0 Å². The summed E-state index contributed by atoms with van der Waals surface area (Å²) in [6.07, 6.45) is -2.45. The molecule has 3 rings (SSSR count). The van der Waals surface area contributed by atoms with Crippen LogP contribution in [0.15, 0.2) is 50.4 Å². The summed E-state index contributed by atoms with van der Waals surface area (Å²) in [4.78, 5) is 87.8. The van der Waals surface area contributed by atoms with Crippen LogP contribution in [-0.4, -0.2) is 102 Å². The third-order valence-corrected chi connectivity index (χ3v) is 6.84. The molecular weight excluding hydrogens is 654 g/mol. The number of nitrogens with zero attached hydrogens (tertiary/aromatic N) is 3. The lowest BCUT2D eigenvalue weighted by Crippen LogP contribution is -2.41. The third-order valence-electron chi connectivity index (χ3n) is 6.84. The molecule has 5 N–H and O–H groups in total. The second kappa shape index (κ2) is 17.8. The average molecular weight is 690 g/mol. The Morgan fingerprint density at radius 1 is 0.918 bits per heavy atom. The van der Waals surface area contributed by atoms with E-state index in [0.717, 1.165) is 14.2 Å². The molecule has 264 valence electrons. The molecule has 3 amide bonds. The highest BCUT2D eigenvalue weighted by Crippen LogP contribution is 2.31. The summed E-state index contributed by atoms with van der Waals surface area (Å²) in [7, 11) is 2.13. The van der Waals surface area contributed by atoms with Gasteiger partial charge >= 0.3 is 18.1 Å². The molecule has 0 atom stereocenters. The summed E-state index contributed by atoms with van der Waals surface area (Å²) < 4.78 is 24.3. The molecule has 1 aromatic heterocycles. The Balaban J connectivity index is 1.56. The Hall–Kier alpha value is -5.95. The lowest BCUT2D eigenvalue weighted by atomic mass is 10.1. The number of nitrogens with one attached hydrogen (secondary N) is 1. The molecule has 0 radical (unpaired) electrons. The maximum absolute atomic E-state index is 12.9. The number of phenolic OH excluding ortho intramolecular Hbond substituents is 1. The van der Waals surface area contributed by atoms with Crippen LogP contribution in [-0.2, 0) is 25.6 Å². The van der Waals surface area contributed by atoms with Crippen LogP contribution in [0, 0.1) is 0 Å². The minimum atomic E-state index is -1.14. The zero-order valence-corrected chi connectivity index (χ0v) is 26.5. The number of hydrogen-bond donors (Lipinski definition) is 4. The average Bonchev–Trinajstić information content (AvgIpc) is 3.09. The number of amides is 3. The number of rotatable bonds is 15. The Morgan fingerprint density at radius 3 is 2.24 bits per heavy atom. The molecule has 19 heteroatoms. The molecule has 0 aliphatic heterocycles. The van der Waals surface area contributed by atoms with Crippen LogP contribution in [0.2, 0.25) is 0 Å². The predicted molar refractivity (Wildman–Crippen MR) is 166 cm³/mol. The van der Waals surface area contributed by atoms with Gasteiger partial charge in [0.25, 0.3) is 11.5 Å². The third kappa shape index (κ3) is 10.0. The van der Waals surface area contributed by atoms with Crippen molar-refractivity contribution in [2.24, 2.45) is 5.73 Å². The van der Waals surface area contributed by atoms with Crippen molar-refractivity contribution in [2.75, 3.05) is 46.9 Å². The Labute approximate surface area is 277 Å². The summed E-state index contributed by atoms with van der Waals surface area (Å²) >= 11 is 0. The molecule has 0 saturated heterocycles. The number of nitrogens with two attached hydrogens (primary N) is 1. The maximum Gasteiger partial charge on any atom is 0.513 e. The van der Waals surface area contributed by atoms with Crippen LogP contribution >= 0.6 is 0 Å². The molecule has 0 fully saturated rings. The van der Waals surface area contributed by atoms with Crippen molar-refractivity contribution in [3.63, 3.8) is 0 Å². The number of methoxy groups -OCH3 is 2. The first-order chi connectivity index (χ1) is 23.4. The number of aromatic nitrogens is 1. The zero-order valence-electron chi connectivity index (χ0n) is 26.5. The number of hydroxylamine groups is 2. The van der Waals surface area contributed by atoms with Gasteiger partial charge in [-0.25, -0.2) is 24.0 Å². The van der Waals surface area contributed by atoms with Gasteiger partial charge in [0.2, 0.25) is 11.8 Å². The fourth-order valence-corrected chi connectivity index (χ4v) is 4.35. The van der Waals surface area contributed by atoms with Crippen molar-refractivity contribution >= 4 is 41.0 Å². The number of carbonyl (C=O) groups is 5. The van der Waals surface area contributed by atoms with Crippen molar-refractivity contribution in [1.29, 1.82) is 0 Å². The number of phenols is 1. The van der Waals surface area contributed by atoms with E-state index in [4.69, 9.17) is 19.6 Å². The van der Waals surface area contributed by atoms with Crippen molar-refractivity contribution in [2.45, 2.75) is 25.8 Å². The highest BCUT2D eigenvalue weighted by Gasteiger charge is 2.23. The number of aromatic hydroxyl groups is 1. The van der Waals surface area contributed by atoms with E-state index in [1.165, 1.54) is 41.3 Å². The number of carbonyl (C=O) groups excluding carboxylic acids is 5. The van der Waals surface area contributed by atoms with Gasteiger partial charge in [-0.05, 0) is 37.2 Å². The summed E-state index contributed by atoms with van der Waals surface area (Å²) in [6, 6.07) is 7.72. The molecule has 2 aromatic carbocycles. The van der Waals surface area contributed by atoms with Crippen molar-refractivity contribution in [3.05, 3.63) is 62.9 Å². The van der Waals surface area contributed by atoms with Gasteiger partial charge < -0.3 is 44.4 Å². The van der Waals surface area contributed by atoms with Gasteiger partial charge in [-0.2, -0.15) is 0 Å². The lowest BCUT2D eigenvalue weighted by molar-refractivity contribution is -0.134.